The minimum Gasteiger partial charge on any atom is -0.379 e. The average molecular weight is 408 g/mol. The molecule has 0 saturated carbocycles. The number of ketones is 1. The Bertz CT molecular complexity index is 331. The first-order chi connectivity index (χ1) is 12.4. The number of Topliss-reactive ketones (excluding diaryl/α,β-unsaturated/α-hetero) is 1. The first kappa shape index (κ1) is 25.8. The van der Waals surface area contributed by atoms with Crippen LogP contribution in [0.3, 0.4) is 0 Å². The molecule has 154 valence electrons. The first-order valence-electron chi connectivity index (χ1n) is 9.51. The summed E-state index contributed by atoms with van der Waals surface area (Å²) in [6.45, 7) is 11.3. The smallest absolute Gasteiger partial charge is 0.230 e. The van der Waals surface area contributed by atoms with Crippen LogP contribution in [0.4, 0.5) is 0 Å². The Balaban J connectivity index is 3.26. The van der Waals surface area contributed by atoms with Crippen LogP contribution in [0, 0.1) is 11.8 Å². The fourth-order valence-corrected chi connectivity index (χ4v) is 3.71. The van der Waals surface area contributed by atoms with Gasteiger partial charge in [-0.25, -0.2) is 0 Å². The maximum atomic E-state index is 11.6. The average Bonchev–Trinajstić information content (AvgIpc) is 2.55. The van der Waals surface area contributed by atoms with Gasteiger partial charge < -0.3 is 14.8 Å². The number of hydrogen-bond donors (Lipinski definition) is 1. The van der Waals surface area contributed by atoms with Gasteiger partial charge in [-0.3, -0.25) is 9.59 Å². The molecule has 5 nitrogen and oxygen atoms in total. The van der Waals surface area contributed by atoms with Gasteiger partial charge in [-0.05, 0) is 29.8 Å². The standard InChI is InChI=1S/C19H37NO4S2/c1-16(2)12-25-14-18(21)6-5-8-23-10-11-24-9-7-20-19(22)15-26-13-17(3)4/h16-17H,5-15H2,1-4H3,(H,20,22). The van der Waals surface area contributed by atoms with Crippen molar-refractivity contribution in [1.29, 1.82) is 0 Å². The molecule has 0 heterocycles. The van der Waals surface area contributed by atoms with Gasteiger partial charge in [0, 0.05) is 19.6 Å². The summed E-state index contributed by atoms with van der Waals surface area (Å²) in [6.07, 6.45) is 1.36. The molecule has 0 unspecified atom stereocenters. The molecule has 0 aliphatic rings. The van der Waals surface area contributed by atoms with E-state index in [0.717, 1.165) is 17.9 Å². The van der Waals surface area contributed by atoms with Crippen molar-refractivity contribution in [3.8, 4) is 0 Å². The van der Waals surface area contributed by atoms with E-state index < -0.39 is 0 Å². The molecular formula is C19H37NO4S2. The Labute approximate surface area is 168 Å². The van der Waals surface area contributed by atoms with Crippen LogP contribution < -0.4 is 5.32 Å². The first-order valence-corrected chi connectivity index (χ1v) is 11.8. The summed E-state index contributed by atoms with van der Waals surface area (Å²) >= 11 is 3.37. The van der Waals surface area contributed by atoms with Gasteiger partial charge >= 0.3 is 0 Å². The lowest BCUT2D eigenvalue weighted by molar-refractivity contribution is -0.119. The van der Waals surface area contributed by atoms with E-state index in [1.807, 2.05) is 0 Å². The lowest BCUT2D eigenvalue weighted by Crippen LogP contribution is -2.29. The van der Waals surface area contributed by atoms with Gasteiger partial charge in [-0.2, -0.15) is 23.5 Å². The lowest BCUT2D eigenvalue weighted by Gasteiger charge is -2.08. The van der Waals surface area contributed by atoms with Gasteiger partial charge in [-0.1, -0.05) is 27.7 Å². The number of thioether (sulfide) groups is 2. The molecule has 7 heteroatoms. The van der Waals surface area contributed by atoms with Crippen molar-refractivity contribution in [2.75, 3.05) is 56.0 Å². The zero-order chi connectivity index (χ0) is 19.6. The van der Waals surface area contributed by atoms with Gasteiger partial charge in [0.05, 0.1) is 31.3 Å². The van der Waals surface area contributed by atoms with Crippen molar-refractivity contribution in [1.82, 2.24) is 5.32 Å². The summed E-state index contributed by atoms with van der Waals surface area (Å²) in [5, 5.41) is 2.84. The molecule has 0 aliphatic carbocycles. The van der Waals surface area contributed by atoms with E-state index in [9.17, 15) is 9.59 Å². The minimum atomic E-state index is 0.0618. The fourth-order valence-electron chi connectivity index (χ4n) is 1.87. The third-order valence-corrected chi connectivity index (χ3v) is 5.88. The molecule has 0 fully saturated rings. The molecule has 0 aromatic heterocycles. The van der Waals surface area contributed by atoms with Crippen LogP contribution in [0.15, 0.2) is 0 Å². The Morgan fingerprint density at radius 1 is 0.846 bits per heavy atom. The number of carbonyl (C=O) groups is 2. The van der Waals surface area contributed by atoms with Crippen molar-refractivity contribution in [2.45, 2.75) is 40.5 Å². The number of hydrogen-bond acceptors (Lipinski definition) is 6. The zero-order valence-corrected chi connectivity index (χ0v) is 18.5. The topological polar surface area (TPSA) is 64.6 Å². The van der Waals surface area contributed by atoms with Crippen LogP contribution in [-0.4, -0.2) is 67.7 Å². The third-order valence-electron chi connectivity index (χ3n) is 3.08. The largest absolute Gasteiger partial charge is 0.379 e. The molecule has 26 heavy (non-hydrogen) atoms. The summed E-state index contributed by atoms with van der Waals surface area (Å²) < 4.78 is 10.9. The van der Waals surface area contributed by atoms with Crippen LogP contribution in [0.5, 0.6) is 0 Å². The number of amides is 1. The molecule has 0 aromatic rings. The Morgan fingerprint density at radius 2 is 1.42 bits per heavy atom. The molecule has 0 spiro atoms. The third kappa shape index (κ3) is 20.1. The summed E-state index contributed by atoms with van der Waals surface area (Å²) in [5.41, 5.74) is 0. The van der Waals surface area contributed by atoms with Crippen LogP contribution in [0.2, 0.25) is 0 Å². The number of carbonyl (C=O) groups excluding carboxylic acids is 2. The van der Waals surface area contributed by atoms with E-state index in [1.165, 1.54) is 0 Å². The molecule has 0 rings (SSSR count). The Kier molecular flexibility index (Phi) is 18.0. The van der Waals surface area contributed by atoms with Crippen molar-refractivity contribution in [3.05, 3.63) is 0 Å². The van der Waals surface area contributed by atoms with Crippen LogP contribution in [0.1, 0.15) is 40.5 Å². The highest BCUT2D eigenvalue weighted by Crippen LogP contribution is 2.09. The second-order valence-electron chi connectivity index (χ2n) is 7.03. The van der Waals surface area contributed by atoms with E-state index in [1.54, 1.807) is 23.5 Å². The maximum Gasteiger partial charge on any atom is 0.230 e. The number of ether oxygens (including phenoxy) is 2. The SMILES string of the molecule is CC(C)CSCC(=O)CCCOCCOCCNC(=O)CSCC(C)C. The molecule has 1 N–H and O–H groups in total. The lowest BCUT2D eigenvalue weighted by atomic mass is 10.2. The summed E-state index contributed by atoms with van der Waals surface area (Å²) in [6, 6.07) is 0. The van der Waals surface area contributed by atoms with Crippen molar-refractivity contribution in [2.24, 2.45) is 11.8 Å². The summed E-state index contributed by atoms with van der Waals surface area (Å²) in [5.74, 6) is 4.77. The highest BCUT2D eigenvalue weighted by molar-refractivity contribution is 8.00. The second kappa shape index (κ2) is 18.1. The monoisotopic (exact) mass is 407 g/mol. The molecule has 0 aromatic carbocycles. The van der Waals surface area contributed by atoms with E-state index in [4.69, 9.17) is 9.47 Å². The van der Waals surface area contributed by atoms with Crippen molar-refractivity contribution >= 4 is 35.2 Å². The number of nitrogens with one attached hydrogen (secondary N) is 1. The Morgan fingerprint density at radius 3 is 2.04 bits per heavy atom. The van der Waals surface area contributed by atoms with E-state index in [0.29, 0.717) is 68.5 Å². The van der Waals surface area contributed by atoms with Crippen LogP contribution in [-0.2, 0) is 19.1 Å². The fraction of sp³-hybridized carbons (Fsp3) is 0.895. The molecule has 0 aliphatic heterocycles. The predicted octanol–water partition coefficient (Wildman–Crippen LogP) is 3.26. The van der Waals surface area contributed by atoms with Crippen LogP contribution >= 0.6 is 23.5 Å². The predicted molar refractivity (Wildman–Crippen MR) is 113 cm³/mol. The van der Waals surface area contributed by atoms with E-state index in [-0.39, 0.29) is 5.91 Å². The van der Waals surface area contributed by atoms with Crippen molar-refractivity contribution < 1.29 is 19.1 Å². The molecule has 0 radical (unpaired) electrons. The maximum absolute atomic E-state index is 11.6. The molecule has 0 saturated heterocycles. The van der Waals surface area contributed by atoms with Gasteiger partial charge in [0.2, 0.25) is 5.91 Å². The second-order valence-corrected chi connectivity index (χ2v) is 9.10. The highest BCUT2D eigenvalue weighted by atomic mass is 32.2. The zero-order valence-electron chi connectivity index (χ0n) is 16.9. The summed E-state index contributed by atoms with van der Waals surface area (Å²) in [4.78, 5) is 23.2. The van der Waals surface area contributed by atoms with Gasteiger partial charge in [0.1, 0.15) is 5.78 Å². The quantitative estimate of drug-likeness (QED) is 0.352. The van der Waals surface area contributed by atoms with Gasteiger partial charge in [0.25, 0.3) is 0 Å². The van der Waals surface area contributed by atoms with Gasteiger partial charge in [-0.15, -0.1) is 0 Å². The van der Waals surface area contributed by atoms with Crippen LogP contribution in [0.25, 0.3) is 0 Å². The minimum absolute atomic E-state index is 0.0618. The molecule has 1 amide bonds. The highest BCUT2D eigenvalue weighted by Gasteiger charge is 2.04. The van der Waals surface area contributed by atoms with Gasteiger partial charge in [0.15, 0.2) is 0 Å². The van der Waals surface area contributed by atoms with Crippen molar-refractivity contribution in [3.63, 3.8) is 0 Å². The Hall–Kier alpha value is -0.240. The molecule has 0 bridgehead atoms. The normalized spacial score (nSPS) is 11.3. The molecular weight excluding hydrogens is 370 g/mol. The summed E-state index contributed by atoms with van der Waals surface area (Å²) in [7, 11) is 0. The number of rotatable bonds is 18. The van der Waals surface area contributed by atoms with E-state index >= 15 is 0 Å². The van der Waals surface area contributed by atoms with E-state index in [2.05, 4.69) is 33.0 Å². The molecule has 0 atom stereocenters.